The van der Waals surface area contributed by atoms with Crippen LogP contribution in [0, 0.1) is 0 Å². The lowest BCUT2D eigenvalue weighted by molar-refractivity contribution is -0.119. The van der Waals surface area contributed by atoms with Gasteiger partial charge in [0.15, 0.2) is 12.6 Å². The maximum Gasteiger partial charge on any atom is 0.255 e. The van der Waals surface area contributed by atoms with Crippen LogP contribution in [0.4, 0.5) is 0 Å². The number of carbonyl (C=O) groups excluding carboxylic acids is 1. The molecule has 3 rings (SSSR count). The van der Waals surface area contributed by atoms with Crippen LogP contribution in [0.25, 0.3) is 0 Å². The summed E-state index contributed by atoms with van der Waals surface area (Å²) in [5.74, 6) is 0.862. The molecule has 0 aliphatic heterocycles. The smallest absolute Gasteiger partial charge is 0.255 e. The highest BCUT2D eigenvalue weighted by atomic mass is 127. The molecule has 4 N–H and O–H groups in total. The minimum atomic E-state index is -0.491. The van der Waals surface area contributed by atoms with Crippen LogP contribution in [0.15, 0.2) is 47.5 Å². The van der Waals surface area contributed by atoms with Gasteiger partial charge in [-0.05, 0) is 67.0 Å². The molecule has 1 amide bonds. The third-order valence-electron chi connectivity index (χ3n) is 5.19. The van der Waals surface area contributed by atoms with Gasteiger partial charge in [-0.2, -0.15) is 0 Å². The second-order valence-corrected chi connectivity index (χ2v) is 7.43. The van der Waals surface area contributed by atoms with Gasteiger partial charge >= 0.3 is 0 Å². The summed E-state index contributed by atoms with van der Waals surface area (Å²) in [4.78, 5) is 15.2. The van der Waals surface area contributed by atoms with Crippen LogP contribution in [0.2, 0.25) is 0 Å². The first kappa shape index (κ1) is 24.0. The zero-order valence-corrected chi connectivity index (χ0v) is 19.9. The quantitative estimate of drug-likeness (QED) is 0.295. The molecule has 0 saturated carbocycles. The minimum absolute atomic E-state index is 0. The van der Waals surface area contributed by atoms with Crippen LogP contribution in [-0.2, 0) is 24.2 Å². The summed E-state index contributed by atoms with van der Waals surface area (Å²) >= 11 is 0. The molecule has 7 heteroatoms. The number of hydrogen-bond donors (Lipinski definition) is 3. The van der Waals surface area contributed by atoms with Crippen LogP contribution in [0.5, 0.6) is 5.75 Å². The molecule has 2 aromatic rings. The minimum Gasteiger partial charge on any atom is -0.484 e. The fourth-order valence-corrected chi connectivity index (χ4v) is 3.59. The molecule has 1 aliphatic carbocycles. The Labute approximate surface area is 195 Å². The number of nitrogens with zero attached hydrogens (tertiary/aromatic N) is 1. The number of rotatable bonds is 7. The van der Waals surface area contributed by atoms with E-state index in [9.17, 15) is 4.79 Å². The highest BCUT2D eigenvalue weighted by Crippen LogP contribution is 2.24. The predicted molar refractivity (Wildman–Crippen MR) is 131 cm³/mol. The molecule has 0 aromatic heterocycles. The summed E-state index contributed by atoms with van der Waals surface area (Å²) in [6, 6.07) is 14.5. The van der Waals surface area contributed by atoms with E-state index in [1.54, 1.807) is 13.1 Å². The average Bonchev–Trinajstić information content (AvgIpc) is 2.75. The number of hydrogen-bond acceptors (Lipinski definition) is 3. The maximum atomic E-state index is 10.9. The van der Waals surface area contributed by atoms with E-state index in [2.05, 4.69) is 40.7 Å². The lowest BCUT2D eigenvalue weighted by Crippen LogP contribution is -2.38. The van der Waals surface area contributed by atoms with Gasteiger partial charge in [0.05, 0.1) is 6.04 Å². The van der Waals surface area contributed by atoms with E-state index in [0.29, 0.717) is 12.3 Å². The predicted octanol–water partition coefficient (Wildman–Crippen LogP) is 3.47. The Balaban J connectivity index is 0.00000320. The Bertz CT molecular complexity index is 885. The summed E-state index contributed by atoms with van der Waals surface area (Å²) in [6.45, 7) is 2.61. The molecule has 0 saturated heterocycles. The number of nitrogens with two attached hydrogens (primary N) is 1. The molecule has 1 unspecified atom stereocenters. The topological polar surface area (TPSA) is 88.7 Å². The number of ether oxygens (including phenoxy) is 1. The Morgan fingerprint density at radius 2 is 1.93 bits per heavy atom. The highest BCUT2D eigenvalue weighted by Gasteiger charge is 2.13. The maximum absolute atomic E-state index is 10.9. The number of aryl methyl sites for hydroxylation is 2. The lowest BCUT2D eigenvalue weighted by Gasteiger charge is -2.21. The van der Waals surface area contributed by atoms with Crippen molar-refractivity contribution < 1.29 is 9.53 Å². The van der Waals surface area contributed by atoms with Crippen LogP contribution in [0.1, 0.15) is 48.1 Å². The number of aliphatic imine (C=N–C) groups is 1. The van der Waals surface area contributed by atoms with Crippen molar-refractivity contribution >= 4 is 35.8 Å². The lowest BCUT2D eigenvalue weighted by atomic mass is 9.89. The summed E-state index contributed by atoms with van der Waals surface area (Å²) in [7, 11) is 1.77. The molecule has 2 aromatic carbocycles. The van der Waals surface area contributed by atoms with E-state index < -0.39 is 5.91 Å². The number of amides is 1. The van der Waals surface area contributed by atoms with Gasteiger partial charge in [0.2, 0.25) is 0 Å². The van der Waals surface area contributed by atoms with Crippen molar-refractivity contribution in [3.05, 3.63) is 64.7 Å². The molecule has 0 bridgehead atoms. The fourth-order valence-electron chi connectivity index (χ4n) is 3.59. The number of fused-ring (bicyclic) bond motifs is 1. The highest BCUT2D eigenvalue weighted by molar-refractivity contribution is 14.0. The summed E-state index contributed by atoms with van der Waals surface area (Å²) in [6.07, 6.45) is 4.95. The molecule has 0 spiro atoms. The number of guanidine groups is 1. The summed E-state index contributed by atoms with van der Waals surface area (Å²) in [5.41, 5.74) is 10.4. The standard InChI is InChI=1S/C23H30N4O2.HI/c1-16(19-11-10-18-7-3-4-8-20(18)13-19)27-23(25-2)26-14-17-6-5-9-21(12-17)29-15-22(24)28;/h5-6,9-13,16H,3-4,7-8,14-15H2,1-2H3,(H2,24,28)(H2,25,26,27);1H. The summed E-state index contributed by atoms with van der Waals surface area (Å²) in [5, 5.41) is 6.79. The van der Waals surface area contributed by atoms with Crippen molar-refractivity contribution in [3.63, 3.8) is 0 Å². The fraction of sp³-hybridized carbons (Fsp3) is 0.391. The summed E-state index contributed by atoms with van der Waals surface area (Å²) < 4.78 is 5.36. The van der Waals surface area contributed by atoms with Crippen molar-refractivity contribution in [1.29, 1.82) is 0 Å². The second kappa shape index (κ2) is 11.8. The monoisotopic (exact) mass is 522 g/mol. The molecule has 0 fully saturated rings. The van der Waals surface area contributed by atoms with Crippen LogP contribution in [0.3, 0.4) is 0 Å². The average molecular weight is 522 g/mol. The van der Waals surface area contributed by atoms with Crippen molar-refractivity contribution in [3.8, 4) is 5.75 Å². The Morgan fingerprint density at radius 3 is 2.67 bits per heavy atom. The Morgan fingerprint density at radius 1 is 1.17 bits per heavy atom. The molecule has 0 radical (unpaired) electrons. The first-order valence-corrected chi connectivity index (χ1v) is 10.1. The van der Waals surface area contributed by atoms with E-state index in [1.807, 2.05) is 18.2 Å². The van der Waals surface area contributed by atoms with Gasteiger partial charge in [-0.1, -0.05) is 30.3 Å². The van der Waals surface area contributed by atoms with E-state index in [4.69, 9.17) is 10.5 Å². The van der Waals surface area contributed by atoms with Gasteiger partial charge in [0.1, 0.15) is 5.75 Å². The number of primary amides is 1. The zero-order chi connectivity index (χ0) is 20.6. The number of nitrogens with one attached hydrogen (secondary N) is 2. The Kier molecular flexibility index (Phi) is 9.42. The molecule has 6 nitrogen and oxygen atoms in total. The number of carbonyl (C=O) groups is 1. The third-order valence-corrected chi connectivity index (χ3v) is 5.19. The van der Waals surface area contributed by atoms with Crippen molar-refractivity contribution in [2.24, 2.45) is 10.7 Å². The van der Waals surface area contributed by atoms with Gasteiger partial charge < -0.3 is 21.1 Å². The molecule has 0 heterocycles. The zero-order valence-electron chi connectivity index (χ0n) is 17.6. The van der Waals surface area contributed by atoms with E-state index in [-0.39, 0.29) is 36.6 Å². The van der Waals surface area contributed by atoms with E-state index >= 15 is 0 Å². The van der Waals surface area contributed by atoms with Gasteiger partial charge in [-0.3, -0.25) is 9.79 Å². The Hall–Kier alpha value is -2.29. The van der Waals surface area contributed by atoms with Gasteiger partial charge in [-0.25, -0.2) is 0 Å². The molecule has 30 heavy (non-hydrogen) atoms. The van der Waals surface area contributed by atoms with Gasteiger partial charge in [0.25, 0.3) is 5.91 Å². The SMILES string of the molecule is CN=C(NCc1cccc(OCC(N)=O)c1)NC(C)c1ccc2c(c1)CCCC2.I. The van der Waals surface area contributed by atoms with E-state index in [0.717, 1.165) is 11.5 Å². The van der Waals surface area contributed by atoms with Gasteiger partial charge in [0, 0.05) is 13.6 Å². The molecular formula is C23H31IN4O2. The largest absolute Gasteiger partial charge is 0.484 e. The van der Waals surface area contributed by atoms with Crippen molar-refractivity contribution in [2.45, 2.75) is 45.2 Å². The van der Waals surface area contributed by atoms with E-state index in [1.165, 1.54) is 42.4 Å². The molecule has 1 atom stereocenters. The first-order chi connectivity index (χ1) is 14.0. The van der Waals surface area contributed by atoms with Crippen LogP contribution in [-0.4, -0.2) is 25.5 Å². The molecular weight excluding hydrogens is 491 g/mol. The first-order valence-electron chi connectivity index (χ1n) is 10.1. The van der Waals surface area contributed by atoms with Crippen molar-refractivity contribution in [1.82, 2.24) is 10.6 Å². The van der Waals surface area contributed by atoms with Crippen LogP contribution >= 0.6 is 24.0 Å². The van der Waals surface area contributed by atoms with Crippen LogP contribution < -0.4 is 21.1 Å². The van der Waals surface area contributed by atoms with Crippen molar-refractivity contribution in [2.75, 3.05) is 13.7 Å². The number of benzene rings is 2. The number of halogens is 1. The molecule has 162 valence electrons. The second-order valence-electron chi connectivity index (χ2n) is 7.43. The third kappa shape index (κ3) is 6.90. The van der Waals surface area contributed by atoms with Gasteiger partial charge in [-0.15, -0.1) is 24.0 Å². The molecule has 1 aliphatic rings. The normalized spacial score (nSPS) is 14.1.